The number of alkyl halides is 3. The van der Waals surface area contributed by atoms with Crippen LogP contribution in [-0.2, 0) is 14.6 Å². The van der Waals surface area contributed by atoms with Gasteiger partial charge in [-0.15, -0.1) is 0 Å². The van der Waals surface area contributed by atoms with Crippen molar-refractivity contribution in [2.24, 2.45) is 0 Å². The standard InChI is InChI=1S/C14H16Cl3N3O3S2/c1-8-2-4-9(5-3-8)18-13(24)20-11-7-25(22,23)6-10(11)19-12(21)14(15,16)17/h2-5,10-11H,6-7H2,1H3,(H,19,21)(H2,18,20,24)/t10-,11-/m1/s1. The molecule has 0 spiro atoms. The number of nitrogens with one attached hydrogen (secondary N) is 3. The maximum Gasteiger partial charge on any atom is 0.272 e. The Morgan fingerprint density at radius 2 is 1.64 bits per heavy atom. The van der Waals surface area contributed by atoms with Crippen LogP contribution in [0, 0.1) is 6.92 Å². The summed E-state index contributed by atoms with van der Waals surface area (Å²) in [5.74, 6) is -1.33. The van der Waals surface area contributed by atoms with Crippen LogP contribution in [0.15, 0.2) is 24.3 Å². The first kappa shape index (κ1) is 20.5. The molecule has 0 aliphatic carbocycles. The van der Waals surface area contributed by atoms with Crippen molar-refractivity contribution in [3.05, 3.63) is 29.8 Å². The Hall–Kier alpha value is -0.800. The highest BCUT2D eigenvalue weighted by molar-refractivity contribution is 7.91. The van der Waals surface area contributed by atoms with Gasteiger partial charge in [0.2, 0.25) is 0 Å². The van der Waals surface area contributed by atoms with Gasteiger partial charge in [-0.2, -0.15) is 0 Å². The van der Waals surface area contributed by atoms with E-state index < -0.39 is 31.6 Å². The summed E-state index contributed by atoms with van der Waals surface area (Å²) in [6, 6.07) is 6.12. The average Bonchev–Trinajstić information content (AvgIpc) is 2.74. The summed E-state index contributed by atoms with van der Waals surface area (Å²) in [5.41, 5.74) is 1.85. The second kappa shape index (κ2) is 7.84. The molecule has 25 heavy (non-hydrogen) atoms. The number of thiocarbonyl (C=S) groups is 1. The molecule has 1 amide bonds. The van der Waals surface area contributed by atoms with Gasteiger partial charge in [-0.3, -0.25) is 4.79 Å². The highest BCUT2D eigenvalue weighted by Gasteiger charge is 2.42. The quantitative estimate of drug-likeness (QED) is 0.488. The zero-order valence-corrected chi connectivity index (χ0v) is 17.0. The van der Waals surface area contributed by atoms with E-state index >= 15 is 0 Å². The minimum atomic E-state index is -3.35. The summed E-state index contributed by atoms with van der Waals surface area (Å²) in [7, 11) is -3.35. The van der Waals surface area contributed by atoms with E-state index in [9.17, 15) is 13.2 Å². The van der Waals surface area contributed by atoms with E-state index in [1.54, 1.807) is 0 Å². The normalized spacial score (nSPS) is 22.2. The number of rotatable bonds is 3. The second-order valence-electron chi connectivity index (χ2n) is 5.73. The van der Waals surface area contributed by atoms with E-state index in [0.29, 0.717) is 0 Å². The van der Waals surface area contributed by atoms with Crippen molar-refractivity contribution in [3.8, 4) is 0 Å². The lowest BCUT2D eigenvalue weighted by Crippen LogP contribution is -2.53. The molecule has 1 aromatic carbocycles. The van der Waals surface area contributed by atoms with Gasteiger partial charge in [0.25, 0.3) is 9.70 Å². The van der Waals surface area contributed by atoms with Crippen LogP contribution in [-0.4, -0.2) is 46.8 Å². The third kappa shape index (κ3) is 6.14. The highest BCUT2D eigenvalue weighted by atomic mass is 35.6. The molecule has 1 fully saturated rings. The Morgan fingerprint density at radius 3 is 2.16 bits per heavy atom. The molecule has 6 nitrogen and oxygen atoms in total. The Labute approximate surface area is 166 Å². The first-order valence-corrected chi connectivity index (χ1v) is 10.5. The molecule has 3 N–H and O–H groups in total. The smallest absolute Gasteiger partial charge is 0.272 e. The molecule has 1 aromatic rings. The van der Waals surface area contributed by atoms with Gasteiger partial charge in [-0.05, 0) is 31.3 Å². The van der Waals surface area contributed by atoms with Crippen molar-refractivity contribution < 1.29 is 13.2 Å². The number of carbonyl (C=O) groups is 1. The molecular formula is C14H16Cl3N3O3S2. The topological polar surface area (TPSA) is 87.3 Å². The fourth-order valence-electron chi connectivity index (χ4n) is 2.35. The molecule has 0 saturated carbocycles. The summed E-state index contributed by atoms with van der Waals surface area (Å²) >= 11 is 21.8. The van der Waals surface area contributed by atoms with E-state index in [4.69, 9.17) is 47.0 Å². The van der Waals surface area contributed by atoms with Gasteiger partial charge < -0.3 is 16.0 Å². The van der Waals surface area contributed by atoms with Crippen LogP contribution in [0.4, 0.5) is 5.69 Å². The minimum Gasteiger partial charge on any atom is -0.357 e. The van der Waals surface area contributed by atoms with Crippen molar-refractivity contribution in [2.45, 2.75) is 22.8 Å². The zero-order valence-electron chi connectivity index (χ0n) is 13.1. The zero-order chi connectivity index (χ0) is 18.8. The number of halogens is 3. The number of benzene rings is 1. The predicted molar refractivity (Wildman–Crippen MR) is 105 cm³/mol. The van der Waals surface area contributed by atoms with E-state index in [1.165, 1.54) is 0 Å². The van der Waals surface area contributed by atoms with E-state index in [1.807, 2.05) is 31.2 Å². The Bertz CT molecular complexity index is 764. The molecule has 138 valence electrons. The predicted octanol–water partition coefficient (Wildman–Crippen LogP) is 1.93. The van der Waals surface area contributed by atoms with Crippen LogP contribution < -0.4 is 16.0 Å². The molecule has 1 heterocycles. The fraction of sp³-hybridized carbons (Fsp3) is 0.429. The molecule has 1 aliphatic rings. The number of anilines is 1. The van der Waals surface area contributed by atoms with Gasteiger partial charge in [0.1, 0.15) is 0 Å². The molecule has 0 unspecified atom stereocenters. The van der Waals surface area contributed by atoms with Crippen molar-refractivity contribution in [2.75, 3.05) is 16.8 Å². The number of hydrogen-bond donors (Lipinski definition) is 3. The molecule has 2 atom stereocenters. The van der Waals surface area contributed by atoms with Crippen LogP contribution in [0.25, 0.3) is 0 Å². The summed E-state index contributed by atoms with van der Waals surface area (Å²) in [5, 5.41) is 8.54. The van der Waals surface area contributed by atoms with Gasteiger partial charge in [-0.1, -0.05) is 52.5 Å². The van der Waals surface area contributed by atoms with E-state index in [-0.39, 0.29) is 16.6 Å². The molecule has 11 heteroatoms. The number of hydrogen-bond acceptors (Lipinski definition) is 4. The van der Waals surface area contributed by atoms with Crippen LogP contribution >= 0.6 is 47.0 Å². The molecule has 0 aromatic heterocycles. The first-order valence-electron chi connectivity index (χ1n) is 7.18. The number of amides is 1. The lowest BCUT2D eigenvalue weighted by atomic mass is 10.2. The maximum atomic E-state index is 11.9. The maximum absolute atomic E-state index is 11.9. The molecule has 0 radical (unpaired) electrons. The van der Waals surface area contributed by atoms with Crippen molar-refractivity contribution in [1.82, 2.24) is 10.6 Å². The number of aryl methyl sites for hydroxylation is 1. The lowest BCUT2D eigenvalue weighted by molar-refractivity contribution is -0.120. The average molecular weight is 445 g/mol. The molecule has 1 saturated heterocycles. The van der Waals surface area contributed by atoms with Gasteiger partial charge in [0, 0.05) is 5.69 Å². The fourth-order valence-corrected chi connectivity index (χ4v) is 4.65. The molecular weight excluding hydrogens is 429 g/mol. The van der Waals surface area contributed by atoms with Crippen LogP contribution in [0.3, 0.4) is 0 Å². The van der Waals surface area contributed by atoms with Crippen LogP contribution in [0.2, 0.25) is 0 Å². The van der Waals surface area contributed by atoms with E-state index in [2.05, 4.69) is 16.0 Å². The molecule has 1 aliphatic heterocycles. The third-order valence-electron chi connectivity index (χ3n) is 3.55. The van der Waals surface area contributed by atoms with Gasteiger partial charge in [0.15, 0.2) is 14.9 Å². The van der Waals surface area contributed by atoms with Gasteiger partial charge in [0.05, 0.1) is 23.6 Å². The van der Waals surface area contributed by atoms with Crippen LogP contribution in [0.5, 0.6) is 0 Å². The minimum absolute atomic E-state index is 0.187. The van der Waals surface area contributed by atoms with Gasteiger partial charge >= 0.3 is 0 Å². The van der Waals surface area contributed by atoms with Crippen molar-refractivity contribution >= 4 is 73.6 Å². The summed E-state index contributed by atoms with van der Waals surface area (Å²) < 4.78 is 21.6. The Balaban J connectivity index is 2.03. The summed E-state index contributed by atoms with van der Waals surface area (Å²) in [6.07, 6.45) is 0. The van der Waals surface area contributed by atoms with Crippen LogP contribution in [0.1, 0.15) is 5.56 Å². The van der Waals surface area contributed by atoms with Gasteiger partial charge in [-0.25, -0.2) is 8.42 Å². The van der Waals surface area contributed by atoms with Crippen molar-refractivity contribution in [1.29, 1.82) is 0 Å². The highest BCUT2D eigenvalue weighted by Crippen LogP contribution is 2.27. The largest absolute Gasteiger partial charge is 0.357 e. The SMILES string of the molecule is Cc1ccc(NC(=S)N[C@@H]2CS(=O)(=O)C[C@H]2NC(=O)C(Cl)(Cl)Cl)cc1. The summed E-state index contributed by atoms with van der Waals surface area (Å²) in [6.45, 7) is 1.96. The molecule has 2 rings (SSSR count). The third-order valence-corrected chi connectivity index (χ3v) is 6.02. The second-order valence-corrected chi connectivity index (χ2v) is 10.6. The van der Waals surface area contributed by atoms with E-state index in [0.717, 1.165) is 11.3 Å². The Kier molecular flexibility index (Phi) is 6.43. The monoisotopic (exact) mass is 443 g/mol. The first-order chi connectivity index (χ1) is 11.5. The summed E-state index contributed by atoms with van der Waals surface area (Å²) in [4.78, 5) is 11.8. The number of sulfone groups is 1. The molecule has 0 bridgehead atoms. The lowest BCUT2D eigenvalue weighted by Gasteiger charge is -2.24. The number of carbonyl (C=O) groups excluding carboxylic acids is 1. The van der Waals surface area contributed by atoms with Crippen molar-refractivity contribution in [3.63, 3.8) is 0 Å². The Morgan fingerprint density at radius 1 is 1.12 bits per heavy atom.